The highest BCUT2D eigenvalue weighted by molar-refractivity contribution is 9.10. The monoisotopic (exact) mass is 316 g/mol. The zero-order valence-corrected chi connectivity index (χ0v) is 11.5. The Labute approximate surface area is 113 Å². The third-order valence-electron chi connectivity index (χ3n) is 2.19. The van der Waals surface area contributed by atoms with Crippen molar-refractivity contribution in [3.63, 3.8) is 0 Å². The van der Waals surface area contributed by atoms with Crippen molar-refractivity contribution in [3.05, 3.63) is 34.1 Å². The van der Waals surface area contributed by atoms with Crippen LogP contribution in [0.2, 0.25) is 0 Å². The molecule has 0 fully saturated rings. The van der Waals surface area contributed by atoms with Crippen LogP contribution in [0.5, 0.6) is 0 Å². The Bertz CT molecular complexity index is 452. The predicted molar refractivity (Wildman–Crippen MR) is 69.7 cm³/mol. The Morgan fingerprint density at radius 2 is 2.06 bits per heavy atom. The Kier molecular flexibility index (Phi) is 5.77. The SMILES string of the molecule is CCNC(=O)CCNC(=O)c1ccc(F)cc1Br. The quantitative estimate of drug-likeness (QED) is 0.871. The maximum absolute atomic E-state index is 12.8. The van der Waals surface area contributed by atoms with Crippen molar-refractivity contribution in [2.24, 2.45) is 0 Å². The highest BCUT2D eigenvalue weighted by Crippen LogP contribution is 2.17. The Morgan fingerprint density at radius 3 is 2.67 bits per heavy atom. The molecule has 98 valence electrons. The van der Waals surface area contributed by atoms with E-state index in [0.29, 0.717) is 16.6 Å². The fourth-order valence-corrected chi connectivity index (χ4v) is 1.87. The minimum atomic E-state index is -0.416. The summed E-state index contributed by atoms with van der Waals surface area (Å²) in [5.74, 6) is -0.872. The van der Waals surface area contributed by atoms with Gasteiger partial charge in [0.1, 0.15) is 5.82 Å². The van der Waals surface area contributed by atoms with Gasteiger partial charge in [0.15, 0.2) is 0 Å². The molecule has 2 amide bonds. The van der Waals surface area contributed by atoms with Gasteiger partial charge in [0.25, 0.3) is 5.91 Å². The normalized spacial score (nSPS) is 9.94. The number of nitrogens with one attached hydrogen (secondary N) is 2. The molecule has 0 aliphatic carbocycles. The van der Waals surface area contributed by atoms with Crippen molar-refractivity contribution in [3.8, 4) is 0 Å². The lowest BCUT2D eigenvalue weighted by atomic mass is 10.2. The van der Waals surface area contributed by atoms with Gasteiger partial charge in [-0.3, -0.25) is 9.59 Å². The van der Waals surface area contributed by atoms with Crippen LogP contribution in [0.15, 0.2) is 22.7 Å². The summed E-state index contributed by atoms with van der Waals surface area (Å²) in [6.45, 7) is 2.64. The molecule has 0 bridgehead atoms. The summed E-state index contributed by atoms with van der Waals surface area (Å²) in [5, 5.41) is 5.23. The van der Waals surface area contributed by atoms with Crippen molar-refractivity contribution in [1.82, 2.24) is 10.6 Å². The van der Waals surface area contributed by atoms with Gasteiger partial charge in [-0.25, -0.2) is 4.39 Å². The maximum Gasteiger partial charge on any atom is 0.252 e. The number of hydrogen-bond acceptors (Lipinski definition) is 2. The molecule has 0 heterocycles. The van der Waals surface area contributed by atoms with Crippen molar-refractivity contribution in [2.75, 3.05) is 13.1 Å². The van der Waals surface area contributed by atoms with Crippen LogP contribution in [0.4, 0.5) is 4.39 Å². The summed E-state index contributed by atoms with van der Waals surface area (Å²) in [4.78, 5) is 22.9. The maximum atomic E-state index is 12.8. The number of carbonyl (C=O) groups excluding carboxylic acids is 2. The molecule has 4 nitrogen and oxygen atoms in total. The van der Waals surface area contributed by atoms with Crippen molar-refractivity contribution in [2.45, 2.75) is 13.3 Å². The summed E-state index contributed by atoms with van der Waals surface area (Å²) in [5.41, 5.74) is 0.340. The first kappa shape index (κ1) is 14.6. The first-order valence-corrected chi connectivity index (χ1v) is 6.34. The van der Waals surface area contributed by atoms with E-state index in [1.54, 1.807) is 0 Å². The van der Waals surface area contributed by atoms with Gasteiger partial charge in [-0.15, -0.1) is 0 Å². The van der Waals surface area contributed by atoms with Crippen LogP contribution in [0, 0.1) is 5.82 Å². The second-order valence-corrected chi connectivity index (χ2v) is 4.44. The minimum absolute atomic E-state index is 0.115. The molecular weight excluding hydrogens is 303 g/mol. The van der Waals surface area contributed by atoms with E-state index in [1.807, 2.05) is 6.92 Å². The molecule has 0 aliphatic rings. The van der Waals surface area contributed by atoms with E-state index in [-0.39, 0.29) is 24.8 Å². The molecule has 0 atom stereocenters. The molecule has 1 aromatic rings. The lowest BCUT2D eigenvalue weighted by Gasteiger charge is -2.07. The number of benzene rings is 1. The number of hydrogen-bond donors (Lipinski definition) is 2. The van der Waals surface area contributed by atoms with Crippen LogP contribution >= 0.6 is 15.9 Å². The van der Waals surface area contributed by atoms with Gasteiger partial charge in [-0.2, -0.15) is 0 Å². The lowest BCUT2D eigenvalue weighted by molar-refractivity contribution is -0.120. The van der Waals surface area contributed by atoms with E-state index < -0.39 is 5.82 Å². The summed E-state index contributed by atoms with van der Waals surface area (Å²) in [6.07, 6.45) is 0.221. The molecular formula is C12H14BrFN2O2. The zero-order valence-electron chi connectivity index (χ0n) is 9.93. The van der Waals surface area contributed by atoms with Gasteiger partial charge in [-0.1, -0.05) is 0 Å². The van der Waals surface area contributed by atoms with E-state index in [2.05, 4.69) is 26.6 Å². The topological polar surface area (TPSA) is 58.2 Å². The van der Waals surface area contributed by atoms with Crippen molar-refractivity contribution in [1.29, 1.82) is 0 Å². The summed E-state index contributed by atoms with van der Waals surface area (Å²) in [6, 6.07) is 3.82. The second kappa shape index (κ2) is 7.10. The van der Waals surface area contributed by atoms with E-state index in [4.69, 9.17) is 0 Å². The van der Waals surface area contributed by atoms with E-state index in [1.165, 1.54) is 18.2 Å². The molecule has 0 saturated carbocycles. The molecule has 6 heteroatoms. The largest absolute Gasteiger partial charge is 0.356 e. The van der Waals surface area contributed by atoms with Crippen LogP contribution in [0.1, 0.15) is 23.7 Å². The average Bonchev–Trinajstić information content (AvgIpc) is 2.29. The first-order valence-electron chi connectivity index (χ1n) is 5.54. The van der Waals surface area contributed by atoms with Crippen molar-refractivity contribution >= 4 is 27.7 Å². The highest BCUT2D eigenvalue weighted by Gasteiger charge is 2.10. The number of halogens is 2. The van der Waals surface area contributed by atoms with Gasteiger partial charge in [-0.05, 0) is 41.1 Å². The van der Waals surface area contributed by atoms with Crippen LogP contribution < -0.4 is 10.6 Å². The summed E-state index contributed by atoms with van der Waals surface area (Å²) >= 11 is 3.11. The molecule has 2 N–H and O–H groups in total. The van der Waals surface area contributed by atoms with E-state index in [9.17, 15) is 14.0 Å². The molecule has 18 heavy (non-hydrogen) atoms. The highest BCUT2D eigenvalue weighted by atomic mass is 79.9. The predicted octanol–water partition coefficient (Wildman–Crippen LogP) is 1.84. The molecule has 0 radical (unpaired) electrons. The van der Waals surface area contributed by atoms with Gasteiger partial charge < -0.3 is 10.6 Å². The summed E-state index contributed by atoms with van der Waals surface area (Å²) < 4.78 is 13.2. The third kappa shape index (κ3) is 4.44. The van der Waals surface area contributed by atoms with Crippen LogP contribution in [-0.2, 0) is 4.79 Å². The molecule has 0 unspecified atom stereocenters. The van der Waals surface area contributed by atoms with E-state index >= 15 is 0 Å². The van der Waals surface area contributed by atoms with E-state index in [0.717, 1.165) is 0 Å². The Balaban J connectivity index is 2.48. The Morgan fingerprint density at radius 1 is 1.33 bits per heavy atom. The standard InChI is InChI=1S/C12H14BrFN2O2/c1-2-15-11(17)5-6-16-12(18)9-4-3-8(14)7-10(9)13/h3-4,7H,2,5-6H2,1H3,(H,15,17)(H,16,18). The van der Waals surface area contributed by atoms with Gasteiger partial charge >= 0.3 is 0 Å². The average molecular weight is 317 g/mol. The smallest absolute Gasteiger partial charge is 0.252 e. The van der Waals surface area contributed by atoms with Gasteiger partial charge in [0, 0.05) is 24.0 Å². The molecule has 0 aliphatic heterocycles. The first-order chi connectivity index (χ1) is 8.54. The van der Waals surface area contributed by atoms with Crippen molar-refractivity contribution < 1.29 is 14.0 Å². The van der Waals surface area contributed by atoms with Crippen LogP contribution in [0.3, 0.4) is 0 Å². The fraction of sp³-hybridized carbons (Fsp3) is 0.333. The van der Waals surface area contributed by atoms with Gasteiger partial charge in [0.2, 0.25) is 5.91 Å². The molecule has 0 spiro atoms. The number of carbonyl (C=O) groups is 2. The van der Waals surface area contributed by atoms with Gasteiger partial charge in [0.05, 0.1) is 5.56 Å². The third-order valence-corrected chi connectivity index (χ3v) is 2.84. The minimum Gasteiger partial charge on any atom is -0.356 e. The molecule has 1 rings (SSSR count). The zero-order chi connectivity index (χ0) is 13.5. The lowest BCUT2D eigenvalue weighted by Crippen LogP contribution is -2.30. The van der Waals surface area contributed by atoms with Crippen LogP contribution in [-0.4, -0.2) is 24.9 Å². The molecule has 1 aromatic carbocycles. The Hall–Kier alpha value is -1.43. The molecule has 0 saturated heterocycles. The second-order valence-electron chi connectivity index (χ2n) is 3.58. The van der Waals surface area contributed by atoms with Crippen LogP contribution in [0.25, 0.3) is 0 Å². The summed E-state index contributed by atoms with van der Waals surface area (Å²) in [7, 11) is 0. The number of rotatable bonds is 5. The molecule has 0 aromatic heterocycles. The number of amides is 2. The fourth-order valence-electron chi connectivity index (χ4n) is 1.34.